The van der Waals surface area contributed by atoms with E-state index in [0.717, 1.165) is 6.42 Å². The second-order valence-corrected chi connectivity index (χ2v) is 6.60. The van der Waals surface area contributed by atoms with Crippen molar-refractivity contribution in [2.45, 2.75) is 25.8 Å². The molecule has 0 bridgehead atoms. The van der Waals surface area contributed by atoms with Gasteiger partial charge in [0.25, 0.3) is 0 Å². The highest BCUT2D eigenvalue weighted by Gasteiger charge is 2.11. The Kier molecular flexibility index (Phi) is 5.65. The van der Waals surface area contributed by atoms with E-state index in [4.69, 9.17) is 0 Å². The van der Waals surface area contributed by atoms with Crippen LogP contribution >= 0.6 is 0 Å². The number of nitrogens with one attached hydrogen (secondary N) is 1. The van der Waals surface area contributed by atoms with Gasteiger partial charge in [-0.3, -0.25) is 0 Å². The molecular formula is C13H21NO2S. The number of hydrogen-bond acceptors (Lipinski definition) is 3. The molecule has 3 nitrogen and oxygen atoms in total. The molecule has 96 valence electrons. The van der Waals surface area contributed by atoms with Crippen LogP contribution in [0, 0.1) is 0 Å². The van der Waals surface area contributed by atoms with Crippen LogP contribution in [0.3, 0.4) is 0 Å². The maximum Gasteiger partial charge on any atom is 0.150 e. The molecule has 0 radical (unpaired) electrons. The summed E-state index contributed by atoms with van der Waals surface area (Å²) in [5.74, 6) is 0.525. The van der Waals surface area contributed by atoms with Gasteiger partial charge < -0.3 is 5.32 Å². The largest absolute Gasteiger partial charge is 0.313 e. The van der Waals surface area contributed by atoms with Gasteiger partial charge in [-0.05, 0) is 25.5 Å². The number of hydrogen-bond donors (Lipinski definition) is 1. The van der Waals surface area contributed by atoms with Crippen LogP contribution < -0.4 is 5.32 Å². The third-order valence-electron chi connectivity index (χ3n) is 2.94. The zero-order valence-corrected chi connectivity index (χ0v) is 11.3. The van der Waals surface area contributed by atoms with E-state index in [-0.39, 0.29) is 17.5 Å². The molecule has 0 aromatic heterocycles. The molecule has 17 heavy (non-hydrogen) atoms. The van der Waals surface area contributed by atoms with E-state index in [1.165, 1.54) is 5.56 Å². The molecule has 1 rings (SSSR count). The summed E-state index contributed by atoms with van der Waals surface area (Å²) in [6.07, 6.45) is 1.55. The third-order valence-corrected chi connectivity index (χ3v) is 4.73. The van der Waals surface area contributed by atoms with Crippen molar-refractivity contribution >= 4 is 9.84 Å². The quantitative estimate of drug-likeness (QED) is 0.812. The molecule has 1 aromatic rings. The van der Waals surface area contributed by atoms with Gasteiger partial charge in [-0.25, -0.2) is 8.42 Å². The van der Waals surface area contributed by atoms with Crippen molar-refractivity contribution in [1.29, 1.82) is 0 Å². The Morgan fingerprint density at radius 2 is 1.88 bits per heavy atom. The fraction of sp³-hybridized carbons (Fsp3) is 0.538. The first-order valence-electron chi connectivity index (χ1n) is 6.01. The lowest BCUT2D eigenvalue weighted by Crippen LogP contribution is -2.18. The summed E-state index contributed by atoms with van der Waals surface area (Å²) in [6, 6.07) is 10.4. The summed E-state index contributed by atoms with van der Waals surface area (Å²) in [5, 5.41) is 3.23. The van der Waals surface area contributed by atoms with Crippen molar-refractivity contribution in [2.75, 3.05) is 18.6 Å². The van der Waals surface area contributed by atoms with Crippen molar-refractivity contribution in [1.82, 2.24) is 5.32 Å². The first-order chi connectivity index (χ1) is 8.09. The predicted molar refractivity (Wildman–Crippen MR) is 71.8 cm³/mol. The van der Waals surface area contributed by atoms with E-state index in [0.29, 0.717) is 6.42 Å². The molecule has 4 heteroatoms. The van der Waals surface area contributed by atoms with E-state index in [2.05, 4.69) is 17.4 Å². The minimum absolute atomic E-state index is 0.239. The van der Waals surface area contributed by atoms with Crippen LogP contribution in [0.1, 0.15) is 31.4 Å². The lowest BCUT2D eigenvalue weighted by Gasteiger charge is -2.16. The molecule has 1 atom stereocenters. The second kappa shape index (κ2) is 6.77. The molecule has 1 unspecified atom stereocenters. The Morgan fingerprint density at radius 3 is 2.41 bits per heavy atom. The van der Waals surface area contributed by atoms with Crippen LogP contribution in [-0.2, 0) is 9.84 Å². The molecule has 0 spiro atoms. The summed E-state index contributed by atoms with van der Waals surface area (Å²) in [7, 11) is -0.925. The minimum atomic E-state index is -2.83. The van der Waals surface area contributed by atoms with Crippen LogP contribution in [0.4, 0.5) is 0 Å². The molecule has 0 aliphatic rings. The van der Waals surface area contributed by atoms with E-state index < -0.39 is 9.84 Å². The summed E-state index contributed by atoms with van der Waals surface area (Å²) < 4.78 is 22.8. The van der Waals surface area contributed by atoms with Crippen LogP contribution in [-0.4, -0.2) is 27.0 Å². The van der Waals surface area contributed by atoms with Crippen molar-refractivity contribution in [3.8, 4) is 0 Å². The Hall–Kier alpha value is -0.870. The van der Waals surface area contributed by atoms with Gasteiger partial charge in [0.05, 0.1) is 5.75 Å². The third kappa shape index (κ3) is 4.88. The van der Waals surface area contributed by atoms with E-state index in [9.17, 15) is 8.42 Å². The van der Waals surface area contributed by atoms with Crippen LogP contribution in [0.25, 0.3) is 0 Å². The van der Waals surface area contributed by atoms with Crippen molar-refractivity contribution in [3.63, 3.8) is 0 Å². The second-order valence-electron chi connectivity index (χ2n) is 4.13. The fourth-order valence-corrected chi connectivity index (χ4v) is 2.71. The maximum atomic E-state index is 11.4. The summed E-state index contributed by atoms with van der Waals surface area (Å²) in [5.41, 5.74) is 1.21. The highest BCUT2D eigenvalue weighted by Crippen LogP contribution is 2.17. The normalized spacial score (nSPS) is 13.5. The highest BCUT2D eigenvalue weighted by molar-refractivity contribution is 7.91. The van der Waals surface area contributed by atoms with Gasteiger partial charge in [0, 0.05) is 11.8 Å². The minimum Gasteiger partial charge on any atom is -0.313 e. The first kappa shape index (κ1) is 14.2. The standard InChI is InChI=1S/C13H21NO2S/c1-3-17(15,16)11-7-10-13(14-2)12-8-5-4-6-9-12/h4-6,8-9,13-14H,3,7,10-11H2,1-2H3. The molecule has 1 aromatic carbocycles. The van der Waals surface area contributed by atoms with Crippen molar-refractivity contribution < 1.29 is 8.42 Å². The zero-order chi connectivity index (χ0) is 12.7. The predicted octanol–water partition coefficient (Wildman–Crippen LogP) is 2.16. The Balaban J connectivity index is 2.50. The smallest absolute Gasteiger partial charge is 0.150 e. The average Bonchev–Trinajstić information content (AvgIpc) is 2.36. The van der Waals surface area contributed by atoms with Crippen molar-refractivity contribution in [2.24, 2.45) is 0 Å². The Morgan fingerprint density at radius 1 is 1.24 bits per heavy atom. The number of rotatable bonds is 7. The Bertz CT molecular complexity index is 414. The van der Waals surface area contributed by atoms with Gasteiger partial charge in [0.2, 0.25) is 0 Å². The van der Waals surface area contributed by atoms with Crippen LogP contribution in [0.15, 0.2) is 30.3 Å². The topological polar surface area (TPSA) is 46.2 Å². The zero-order valence-electron chi connectivity index (χ0n) is 10.5. The van der Waals surface area contributed by atoms with E-state index >= 15 is 0 Å². The summed E-state index contributed by atoms with van der Waals surface area (Å²) >= 11 is 0. The highest BCUT2D eigenvalue weighted by atomic mass is 32.2. The van der Waals surface area contributed by atoms with Gasteiger partial charge in [-0.1, -0.05) is 37.3 Å². The van der Waals surface area contributed by atoms with Crippen molar-refractivity contribution in [3.05, 3.63) is 35.9 Å². The van der Waals surface area contributed by atoms with Gasteiger partial charge >= 0.3 is 0 Å². The van der Waals surface area contributed by atoms with E-state index in [1.54, 1.807) is 6.92 Å². The Labute approximate surface area is 104 Å². The lowest BCUT2D eigenvalue weighted by atomic mass is 10.0. The molecule has 0 aliphatic heterocycles. The van der Waals surface area contributed by atoms with E-state index in [1.807, 2.05) is 25.2 Å². The van der Waals surface area contributed by atoms with Gasteiger partial charge in [-0.2, -0.15) is 0 Å². The molecular weight excluding hydrogens is 234 g/mol. The van der Waals surface area contributed by atoms with Crippen LogP contribution in [0.5, 0.6) is 0 Å². The molecule has 0 amide bonds. The maximum absolute atomic E-state index is 11.4. The molecule has 0 heterocycles. The monoisotopic (exact) mass is 255 g/mol. The SMILES string of the molecule is CCS(=O)(=O)CCCC(NC)c1ccccc1. The van der Waals surface area contributed by atoms with Gasteiger partial charge in [0.1, 0.15) is 9.84 Å². The fourth-order valence-electron chi connectivity index (χ4n) is 1.81. The lowest BCUT2D eigenvalue weighted by molar-refractivity contribution is 0.535. The summed E-state index contributed by atoms with van der Waals surface area (Å²) in [6.45, 7) is 1.70. The number of sulfone groups is 1. The first-order valence-corrected chi connectivity index (χ1v) is 7.84. The molecule has 0 fully saturated rings. The molecule has 1 N–H and O–H groups in total. The molecule has 0 saturated heterocycles. The van der Waals surface area contributed by atoms with Crippen LogP contribution in [0.2, 0.25) is 0 Å². The average molecular weight is 255 g/mol. The summed E-state index contributed by atoms with van der Waals surface area (Å²) in [4.78, 5) is 0. The molecule has 0 aliphatic carbocycles. The van der Waals surface area contributed by atoms with Gasteiger partial charge in [0.15, 0.2) is 0 Å². The van der Waals surface area contributed by atoms with Gasteiger partial charge in [-0.15, -0.1) is 0 Å². The molecule has 0 saturated carbocycles. The number of benzene rings is 1.